The zero-order valence-electron chi connectivity index (χ0n) is 11.5. The van der Waals surface area contributed by atoms with Gasteiger partial charge in [0, 0.05) is 12.5 Å². The van der Waals surface area contributed by atoms with Crippen LogP contribution in [0.1, 0.15) is 38.7 Å². The summed E-state index contributed by atoms with van der Waals surface area (Å²) < 4.78 is 11.4. The second-order valence-corrected chi connectivity index (χ2v) is 4.89. The molecule has 1 aliphatic heterocycles. The Hall–Kier alpha value is -1.22. The quantitative estimate of drug-likeness (QED) is 0.890. The zero-order chi connectivity index (χ0) is 13.0. The third kappa shape index (κ3) is 2.96. The van der Waals surface area contributed by atoms with Crippen molar-refractivity contribution in [3.63, 3.8) is 0 Å². The number of nitrogens with one attached hydrogen (secondary N) is 1. The van der Waals surface area contributed by atoms with E-state index in [1.165, 1.54) is 5.56 Å². The maximum atomic E-state index is 5.73. The van der Waals surface area contributed by atoms with Crippen molar-refractivity contribution in [2.24, 2.45) is 0 Å². The summed E-state index contributed by atoms with van der Waals surface area (Å²) in [6, 6.07) is 6.76. The van der Waals surface area contributed by atoms with Crippen LogP contribution in [0, 0.1) is 0 Å². The number of hydrogen-bond acceptors (Lipinski definition) is 3. The minimum absolute atomic E-state index is 0.458. The van der Waals surface area contributed by atoms with Crippen LogP contribution in [0.4, 0.5) is 0 Å². The molecule has 2 atom stereocenters. The van der Waals surface area contributed by atoms with Crippen LogP contribution in [0.15, 0.2) is 18.2 Å². The van der Waals surface area contributed by atoms with Crippen molar-refractivity contribution in [2.45, 2.75) is 39.2 Å². The van der Waals surface area contributed by atoms with Crippen LogP contribution in [-0.4, -0.2) is 25.8 Å². The number of rotatable bonds is 4. The molecule has 1 heterocycles. The Morgan fingerprint density at radius 1 is 1.17 bits per heavy atom. The average molecular weight is 249 g/mol. The highest BCUT2D eigenvalue weighted by atomic mass is 16.5. The first-order chi connectivity index (χ1) is 8.72. The average Bonchev–Trinajstić information content (AvgIpc) is 2.62. The van der Waals surface area contributed by atoms with Crippen molar-refractivity contribution in [1.29, 1.82) is 0 Å². The van der Waals surface area contributed by atoms with Crippen molar-refractivity contribution in [3.8, 4) is 11.5 Å². The fraction of sp³-hybridized carbons (Fsp3) is 0.600. The zero-order valence-corrected chi connectivity index (χ0v) is 11.5. The van der Waals surface area contributed by atoms with Gasteiger partial charge in [0.2, 0.25) is 0 Å². The molecule has 0 aliphatic carbocycles. The molecule has 1 N–H and O–H groups in total. The fourth-order valence-corrected chi connectivity index (χ4v) is 2.25. The van der Waals surface area contributed by atoms with Gasteiger partial charge in [-0.1, -0.05) is 19.9 Å². The molecule has 1 aromatic carbocycles. The second kappa shape index (κ2) is 6.10. The minimum Gasteiger partial charge on any atom is -0.490 e. The highest BCUT2D eigenvalue weighted by molar-refractivity contribution is 5.44. The van der Waals surface area contributed by atoms with Crippen molar-refractivity contribution < 1.29 is 9.47 Å². The molecule has 0 saturated carbocycles. The molecule has 1 aromatic rings. The fourth-order valence-electron chi connectivity index (χ4n) is 2.25. The minimum atomic E-state index is 0.458. The third-order valence-corrected chi connectivity index (χ3v) is 3.57. The third-order valence-electron chi connectivity index (χ3n) is 3.57. The first-order valence-corrected chi connectivity index (χ1v) is 6.85. The molecule has 0 amide bonds. The lowest BCUT2D eigenvalue weighted by atomic mass is 9.94. The Kier molecular flexibility index (Phi) is 4.48. The maximum absolute atomic E-state index is 5.73. The summed E-state index contributed by atoms with van der Waals surface area (Å²) in [7, 11) is 0. The van der Waals surface area contributed by atoms with E-state index in [9.17, 15) is 0 Å². The summed E-state index contributed by atoms with van der Waals surface area (Å²) in [6.07, 6.45) is 0.952. The van der Waals surface area contributed by atoms with Crippen molar-refractivity contribution in [1.82, 2.24) is 5.32 Å². The van der Waals surface area contributed by atoms with E-state index in [1.54, 1.807) is 0 Å². The summed E-state index contributed by atoms with van der Waals surface area (Å²) in [4.78, 5) is 0. The Morgan fingerprint density at radius 2 is 1.89 bits per heavy atom. The van der Waals surface area contributed by atoms with Gasteiger partial charge in [0.1, 0.15) is 0 Å². The number of fused-ring (bicyclic) bond motifs is 1. The monoisotopic (exact) mass is 249 g/mol. The smallest absolute Gasteiger partial charge is 0.161 e. The van der Waals surface area contributed by atoms with Crippen LogP contribution in [0.3, 0.4) is 0 Å². The van der Waals surface area contributed by atoms with Crippen molar-refractivity contribution >= 4 is 0 Å². The number of hydrogen-bond donors (Lipinski definition) is 1. The SMILES string of the molecule is CCNC(C)C(C)c1ccc2c(c1)OCCCO2. The lowest BCUT2D eigenvalue weighted by Gasteiger charge is -2.22. The van der Waals surface area contributed by atoms with E-state index in [2.05, 4.69) is 38.2 Å². The van der Waals surface area contributed by atoms with Crippen molar-refractivity contribution in [3.05, 3.63) is 23.8 Å². The molecule has 0 fully saturated rings. The summed E-state index contributed by atoms with van der Waals surface area (Å²) in [6.45, 7) is 9.08. The van der Waals surface area contributed by atoms with Gasteiger partial charge in [-0.3, -0.25) is 0 Å². The molecule has 0 spiro atoms. The summed E-state index contributed by atoms with van der Waals surface area (Å²) in [5.41, 5.74) is 1.30. The van der Waals surface area contributed by atoms with Gasteiger partial charge < -0.3 is 14.8 Å². The van der Waals surface area contributed by atoms with Gasteiger partial charge in [-0.15, -0.1) is 0 Å². The van der Waals surface area contributed by atoms with Gasteiger partial charge in [0.25, 0.3) is 0 Å². The molecular weight excluding hydrogens is 226 g/mol. The van der Waals surface area contributed by atoms with E-state index in [0.717, 1.165) is 37.7 Å². The van der Waals surface area contributed by atoms with E-state index in [-0.39, 0.29) is 0 Å². The van der Waals surface area contributed by atoms with E-state index in [0.29, 0.717) is 12.0 Å². The van der Waals surface area contributed by atoms with Gasteiger partial charge in [-0.25, -0.2) is 0 Å². The van der Waals surface area contributed by atoms with E-state index in [4.69, 9.17) is 9.47 Å². The largest absolute Gasteiger partial charge is 0.490 e. The highest BCUT2D eigenvalue weighted by Crippen LogP contribution is 2.33. The van der Waals surface area contributed by atoms with E-state index in [1.807, 2.05) is 6.07 Å². The molecule has 2 rings (SSSR count). The van der Waals surface area contributed by atoms with Crippen LogP contribution in [0.25, 0.3) is 0 Å². The maximum Gasteiger partial charge on any atom is 0.161 e. The predicted molar refractivity (Wildman–Crippen MR) is 73.6 cm³/mol. The molecule has 100 valence electrons. The molecule has 3 nitrogen and oxygen atoms in total. The van der Waals surface area contributed by atoms with Crippen LogP contribution in [-0.2, 0) is 0 Å². The molecule has 1 aliphatic rings. The lowest BCUT2D eigenvalue weighted by molar-refractivity contribution is 0.297. The molecule has 0 radical (unpaired) electrons. The Bertz CT molecular complexity index is 392. The lowest BCUT2D eigenvalue weighted by Crippen LogP contribution is -2.30. The first-order valence-electron chi connectivity index (χ1n) is 6.85. The van der Waals surface area contributed by atoms with E-state index < -0.39 is 0 Å². The van der Waals surface area contributed by atoms with Gasteiger partial charge in [0.15, 0.2) is 11.5 Å². The van der Waals surface area contributed by atoms with Gasteiger partial charge in [-0.2, -0.15) is 0 Å². The molecule has 3 heteroatoms. The van der Waals surface area contributed by atoms with Gasteiger partial charge in [-0.05, 0) is 37.1 Å². The molecule has 0 saturated heterocycles. The number of benzene rings is 1. The number of ether oxygens (including phenoxy) is 2. The highest BCUT2D eigenvalue weighted by Gasteiger charge is 2.17. The topological polar surface area (TPSA) is 30.5 Å². The molecule has 2 unspecified atom stereocenters. The Labute approximate surface area is 109 Å². The normalized spacial score (nSPS) is 17.9. The molecule has 0 bridgehead atoms. The van der Waals surface area contributed by atoms with Crippen molar-refractivity contribution in [2.75, 3.05) is 19.8 Å². The second-order valence-electron chi connectivity index (χ2n) is 4.89. The predicted octanol–water partition coefficient (Wildman–Crippen LogP) is 2.95. The summed E-state index contributed by atoms with van der Waals surface area (Å²) in [5.74, 6) is 2.22. The van der Waals surface area contributed by atoms with Gasteiger partial charge in [0.05, 0.1) is 13.2 Å². The first kappa shape index (κ1) is 13.2. The van der Waals surface area contributed by atoms with Crippen LogP contribution in [0.5, 0.6) is 11.5 Å². The van der Waals surface area contributed by atoms with Crippen LogP contribution in [0.2, 0.25) is 0 Å². The van der Waals surface area contributed by atoms with Crippen LogP contribution >= 0.6 is 0 Å². The molecule has 18 heavy (non-hydrogen) atoms. The molecular formula is C15H23NO2. The summed E-state index contributed by atoms with van der Waals surface area (Å²) in [5, 5.41) is 3.46. The number of likely N-dealkylation sites (N-methyl/N-ethyl adjacent to an activating group) is 1. The van der Waals surface area contributed by atoms with Gasteiger partial charge >= 0.3 is 0 Å². The standard InChI is InChI=1S/C15H23NO2/c1-4-16-12(3)11(2)13-6-7-14-15(10-13)18-9-5-8-17-14/h6-7,10-12,16H,4-5,8-9H2,1-3H3. The van der Waals surface area contributed by atoms with E-state index >= 15 is 0 Å². The Balaban J connectivity index is 2.17. The summed E-state index contributed by atoms with van der Waals surface area (Å²) >= 11 is 0. The Morgan fingerprint density at radius 3 is 2.61 bits per heavy atom. The van der Waals surface area contributed by atoms with Crippen LogP contribution < -0.4 is 14.8 Å². The molecule has 0 aromatic heterocycles.